The lowest BCUT2D eigenvalue weighted by atomic mass is 10.2. The molecule has 20 heavy (non-hydrogen) atoms. The molecule has 1 aromatic carbocycles. The van der Waals surface area contributed by atoms with Crippen molar-refractivity contribution in [3.05, 3.63) is 39.3 Å². The molecule has 0 fully saturated rings. The highest BCUT2D eigenvalue weighted by Gasteiger charge is 2.08. The van der Waals surface area contributed by atoms with Gasteiger partial charge in [0, 0.05) is 6.54 Å². The van der Waals surface area contributed by atoms with Gasteiger partial charge in [-0.1, -0.05) is 13.0 Å². The van der Waals surface area contributed by atoms with Crippen LogP contribution >= 0.6 is 31.9 Å². The third kappa shape index (κ3) is 6.42. The second kappa shape index (κ2) is 10.4. The molecule has 0 aliphatic rings. The molecule has 0 atom stereocenters. The van der Waals surface area contributed by atoms with Gasteiger partial charge in [0.05, 0.1) is 15.6 Å². The Morgan fingerprint density at radius 3 is 2.50 bits per heavy atom. The van der Waals surface area contributed by atoms with Crippen molar-refractivity contribution in [3.63, 3.8) is 0 Å². The second-order valence-electron chi connectivity index (χ2n) is 4.66. The first-order valence-corrected chi connectivity index (χ1v) is 8.70. The first kappa shape index (κ1) is 17.7. The maximum absolute atomic E-state index is 5.87. The third-order valence-electron chi connectivity index (χ3n) is 2.94. The smallest absolute Gasteiger partial charge is 0.147 e. The summed E-state index contributed by atoms with van der Waals surface area (Å²) in [6, 6.07) is 4.22. The van der Waals surface area contributed by atoms with Gasteiger partial charge < -0.3 is 10.1 Å². The van der Waals surface area contributed by atoms with Crippen LogP contribution in [0.4, 0.5) is 0 Å². The lowest BCUT2D eigenvalue weighted by molar-refractivity contribution is 0.302. The molecule has 2 nitrogen and oxygen atoms in total. The molecule has 0 saturated carbocycles. The normalized spacial score (nSPS) is 10.6. The van der Waals surface area contributed by atoms with Crippen LogP contribution in [0.2, 0.25) is 0 Å². The molecule has 0 amide bonds. The molecule has 1 rings (SSSR count). The minimum absolute atomic E-state index is 0.751. The fraction of sp³-hybridized carbons (Fsp3) is 0.500. The molecular formula is C16H23Br2NO. The average Bonchev–Trinajstić information content (AvgIpc) is 2.42. The van der Waals surface area contributed by atoms with Crippen LogP contribution in [0.5, 0.6) is 5.75 Å². The lowest BCUT2D eigenvalue weighted by Gasteiger charge is -2.12. The number of rotatable bonds is 10. The quantitative estimate of drug-likeness (QED) is 0.413. The first-order chi connectivity index (χ1) is 9.69. The fourth-order valence-electron chi connectivity index (χ4n) is 1.86. The number of benzene rings is 1. The first-order valence-electron chi connectivity index (χ1n) is 7.11. The predicted octanol–water partition coefficient (Wildman–Crippen LogP) is 5.45. The van der Waals surface area contributed by atoms with E-state index < -0.39 is 0 Å². The Bertz CT molecular complexity index is 398. The molecule has 1 N–H and O–H groups in total. The fourth-order valence-corrected chi connectivity index (χ4v) is 3.37. The van der Waals surface area contributed by atoms with Crippen LogP contribution in [0.1, 0.15) is 38.2 Å². The van der Waals surface area contributed by atoms with Crippen molar-refractivity contribution in [1.82, 2.24) is 5.32 Å². The van der Waals surface area contributed by atoms with Crippen LogP contribution in [0, 0.1) is 0 Å². The molecular weight excluding hydrogens is 382 g/mol. The maximum Gasteiger partial charge on any atom is 0.147 e. The van der Waals surface area contributed by atoms with Gasteiger partial charge in [-0.15, -0.1) is 6.58 Å². The number of nitrogens with one attached hydrogen (secondary N) is 1. The second-order valence-corrected chi connectivity index (χ2v) is 6.36. The van der Waals surface area contributed by atoms with Crippen molar-refractivity contribution in [1.29, 1.82) is 0 Å². The zero-order valence-corrected chi connectivity index (χ0v) is 15.2. The van der Waals surface area contributed by atoms with E-state index in [9.17, 15) is 0 Å². The Morgan fingerprint density at radius 2 is 1.90 bits per heavy atom. The Morgan fingerprint density at radius 1 is 1.20 bits per heavy atom. The van der Waals surface area contributed by atoms with E-state index >= 15 is 0 Å². The highest BCUT2D eigenvalue weighted by Crippen LogP contribution is 2.35. The number of halogens is 2. The van der Waals surface area contributed by atoms with E-state index in [1.165, 1.54) is 18.4 Å². The molecule has 0 radical (unpaired) electrons. The summed E-state index contributed by atoms with van der Waals surface area (Å²) >= 11 is 7.18. The minimum Gasteiger partial charge on any atom is -0.491 e. The molecule has 0 saturated heterocycles. The zero-order chi connectivity index (χ0) is 14.8. The van der Waals surface area contributed by atoms with Crippen LogP contribution in [0.25, 0.3) is 0 Å². The van der Waals surface area contributed by atoms with Gasteiger partial charge in [-0.2, -0.15) is 0 Å². The van der Waals surface area contributed by atoms with Gasteiger partial charge in [0.1, 0.15) is 5.75 Å². The van der Waals surface area contributed by atoms with E-state index in [1.54, 1.807) is 0 Å². The number of ether oxygens (including phenoxy) is 1. The van der Waals surface area contributed by atoms with Gasteiger partial charge >= 0.3 is 0 Å². The number of unbranched alkanes of at least 4 members (excludes halogenated alkanes) is 3. The van der Waals surface area contributed by atoms with E-state index in [-0.39, 0.29) is 0 Å². The number of hydrogen-bond acceptors (Lipinski definition) is 2. The molecule has 0 bridgehead atoms. The van der Waals surface area contributed by atoms with Gasteiger partial charge in [-0.3, -0.25) is 0 Å². The van der Waals surface area contributed by atoms with Crippen LogP contribution in [-0.2, 0) is 6.54 Å². The predicted molar refractivity (Wildman–Crippen MR) is 93.4 cm³/mol. The van der Waals surface area contributed by atoms with E-state index in [0.29, 0.717) is 0 Å². The molecule has 0 heterocycles. The maximum atomic E-state index is 5.87. The zero-order valence-electron chi connectivity index (χ0n) is 12.1. The van der Waals surface area contributed by atoms with Crippen molar-refractivity contribution in [2.75, 3.05) is 13.2 Å². The topological polar surface area (TPSA) is 21.3 Å². The SMILES string of the molecule is C=CCCCCCOc1c(Br)cc(CNCC)cc1Br. The molecule has 0 aliphatic heterocycles. The summed E-state index contributed by atoms with van der Waals surface area (Å²) in [5.41, 5.74) is 1.24. The van der Waals surface area contributed by atoms with Crippen molar-refractivity contribution in [2.45, 2.75) is 39.2 Å². The summed E-state index contributed by atoms with van der Waals surface area (Å²) in [6.07, 6.45) is 6.51. The summed E-state index contributed by atoms with van der Waals surface area (Å²) in [5.74, 6) is 0.897. The van der Waals surface area contributed by atoms with Crippen LogP contribution in [0.3, 0.4) is 0 Å². The van der Waals surface area contributed by atoms with Crippen molar-refractivity contribution >= 4 is 31.9 Å². The molecule has 4 heteroatoms. The lowest BCUT2D eigenvalue weighted by Crippen LogP contribution is -2.11. The minimum atomic E-state index is 0.751. The Kier molecular flexibility index (Phi) is 9.23. The molecule has 0 unspecified atom stereocenters. The van der Waals surface area contributed by atoms with Gasteiger partial charge in [-0.05, 0) is 81.8 Å². The summed E-state index contributed by atoms with van der Waals surface area (Å²) in [6.45, 7) is 8.43. The summed E-state index contributed by atoms with van der Waals surface area (Å²) in [7, 11) is 0. The van der Waals surface area contributed by atoms with Crippen molar-refractivity contribution < 1.29 is 4.74 Å². The molecule has 112 valence electrons. The largest absolute Gasteiger partial charge is 0.491 e. The average molecular weight is 405 g/mol. The van der Waals surface area contributed by atoms with E-state index in [0.717, 1.165) is 47.2 Å². The van der Waals surface area contributed by atoms with E-state index in [2.05, 4.69) is 62.8 Å². The van der Waals surface area contributed by atoms with Crippen molar-refractivity contribution in [2.24, 2.45) is 0 Å². The van der Waals surface area contributed by atoms with Gasteiger partial charge in [0.2, 0.25) is 0 Å². The van der Waals surface area contributed by atoms with Gasteiger partial charge in [-0.25, -0.2) is 0 Å². The van der Waals surface area contributed by atoms with Crippen LogP contribution in [-0.4, -0.2) is 13.2 Å². The molecule has 1 aromatic rings. The monoisotopic (exact) mass is 403 g/mol. The van der Waals surface area contributed by atoms with Crippen LogP contribution in [0.15, 0.2) is 33.7 Å². The molecule has 0 aromatic heterocycles. The highest BCUT2D eigenvalue weighted by atomic mass is 79.9. The third-order valence-corrected chi connectivity index (χ3v) is 4.11. The van der Waals surface area contributed by atoms with Crippen molar-refractivity contribution in [3.8, 4) is 5.75 Å². The Balaban J connectivity index is 2.47. The standard InChI is InChI=1S/C16H23Br2NO/c1-3-5-6-7-8-9-20-16-14(17)10-13(11-15(16)18)12-19-4-2/h3,10-11,19H,1,4-9,12H2,2H3. The van der Waals surface area contributed by atoms with E-state index in [1.807, 2.05) is 6.08 Å². The Hall–Kier alpha value is -0.320. The van der Waals surface area contributed by atoms with Gasteiger partial charge in [0.25, 0.3) is 0 Å². The molecule has 0 aliphatic carbocycles. The summed E-state index contributed by atoms with van der Waals surface area (Å²) in [5, 5.41) is 3.32. The van der Waals surface area contributed by atoms with E-state index in [4.69, 9.17) is 4.74 Å². The summed E-state index contributed by atoms with van der Waals surface area (Å²) in [4.78, 5) is 0. The van der Waals surface area contributed by atoms with Crippen LogP contribution < -0.4 is 10.1 Å². The Labute approximate surface area is 139 Å². The number of allylic oxidation sites excluding steroid dienone is 1. The highest BCUT2D eigenvalue weighted by molar-refractivity contribution is 9.11. The van der Waals surface area contributed by atoms with Gasteiger partial charge in [0.15, 0.2) is 0 Å². The summed E-state index contributed by atoms with van der Waals surface area (Å²) < 4.78 is 7.88. The number of hydrogen-bond donors (Lipinski definition) is 1. The molecule has 0 spiro atoms.